The van der Waals surface area contributed by atoms with E-state index in [0.29, 0.717) is 43.5 Å². The number of nitrogens with one attached hydrogen (secondary N) is 1. The van der Waals surface area contributed by atoms with Crippen LogP contribution in [0.25, 0.3) is 0 Å². The van der Waals surface area contributed by atoms with E-state index in [1.165, 1.54) is 18.2 Å². The van der Waals surface area contributed by atoms with E-state index >= 15 is 0 Å². The molecule has 4 rings (SSSR count). The lowest BCUT2D eigenvalue weighted by atomic mass is 10.2. The van der Waals surface area contributed by atoms with E-state index in [1.54, 1.807) is 35.2 Å². The van der Waals surface area contributed by atoms with Crippen LogP contribution in [0.1, 0.15) is 0 Å². The number of carbonyl (C=O) groups is 1. The van der Waals surface area contributed by atoms with Gasteiger partial charge in [0.25, 0.3) is 15.9 Å². The number of hydrogen-bond donors (Lipinski definition) is 1. The van der Waals surface area contributed by atoms with Crippen LogP contribution >= 0.6 is 0 Å². The quantitative estimate of drug-likeness (QED) is 0.830. The molecule has 0 spiro atoms. The fourth-order valence-electron chi connectivity index (χ4n) is 3.05. The molecule has 1 fully saturated rings. The molecule has 0 saturated carbocycles. The van der Waals surface area contributed by atoms with E-state index in [9.17, 15) is 13.2 Å². The van der Waals surface area contributed by atoms with Crippen molar-refractivity contribution >= 4 is 21.6 Å². The maximum atomic E-state index is 12.6. The Morgan fingerprint density at radius 2 is 1.79 bits per heavy atom. The van der Waals surface area contributed by atoms with Crippen molar-refractivity contribution in [2.75, 3.05) is 37.6 Å². The first-order valence-corrected chi connectivity index (χ1v) is 10.4. The van der Waals surface area contributed by atoms with Gasteiger partial charge in [0.15, 0.2) is 11.5 Å². The Balaban J connectivity index is 1.48. The summed E-state index contributed by atoms with van der Waals surface area (Å²) in [7, 11) is -3.77. The molecule has 2 heterocycles. The lowest BCUT2D eigenvalue weighted by molar-refractivity contribution is -0.145. The molecule has 1 amide bonds. The van der Waals surface area contributed by atoms with Crippen molar-refractivity contribution in [2.45, 2.75) is 11.0 Å². The Bertz CT molecular complexity index is 958. The first-order valence-electron chi connectivity index (χ1n) is 8.91. The number of rotatable bonds is 4. The molecule has 2 aliphatic rings. The van der Waals surface area contributed by atoms with Crippen LogP contribution in [0.5, 0.6) is 11.5 Å². The molecule has 2 aromatic rings. The fourth-order valence-corrected chi connectivity index (χ4v) is 4.12. The van der Waals surface area contributed by atoms with Gasteiger partial charge in [-0.05, 0) is 24.3 Å². The minimum atomic E-state index is -3.77. The predicted octanol–water partition coefficient (Wildman–Crippen LogP) is 1.49. The second kappa shape index (κ2) is 7.69. The van der Waals surface area contributed by atoms with E-state index in [0.717, 1.165) is 0 Å². The molecule has 9 heteroatoms. The van der Waals surface area contributed by atoms with E-state index < -0.39 is 16.1 Å². The number of morpholine rings is 1. The Kier molecular flexibility index (Phi) is 5.10. The van der Waals surface area contributed by atoms with Gasteiger partial charge >= 0.3 is 0 Å². The number of nitrogens with zero attached hydrogens (tertiary/aromatic N) is 1. The molecule has 0 bridgehead atoms. The molecule has 1 N–H and O–H groups in total. The Hall–Kier alpha value is -2.78. The number of fused-ring (bicyclic) bond motifs is 1. The van der Waals surface area contributed by atoms with E-state index in [2.05, 4.69) is 4.72 Å². The topological polar surface area (TPSA) is 94.2 Å². The number of anilines is 1. The van der Waals surface area contributed by atoms with Gasteiger partial charge in [0.1, 0.15) is 6.61 Å². The SMILES string of the molecule is O=C(C1COc2cc(S(=O)(=O)Nc3ccccc3)ccc2O1)N1CCOCC1. The van der Waals surface area contributed by atoms with Gasteiger partial charge in [-0.15, -0.1) is 0 Å². The summed E-state index contributed by atoms with van der Waals surface area (Å²) >= 11 is 0. The Morgan fingerprint density at radius 3 is 2.54 bits per heavy atom. The zero-order valence-corrected chi connectivity index (χ0v) is 15.9. The van der Waals surface area contributed by atoms with E-state index in [-0.39, 0.29) is 17.4 Å². The molecule has 148 valence electrons. The predicted molar refractivity (Wildman–Crippen MR) is 101 cm³/mol. The molecular weight excluding hydrogens is 384 g/mol. The lowest BCUT2D eigenvalue weighted by Crippen LogP contribution is -2.50. The van der Waals surface area contributed by atoms with Crippen LogP contribution < -0.4 is 14.2 Å². The molecule has 1 saturated heterocycles. The molecule has 0 aliphatic carbocycles. The second-order valence-corrected chi connectivity index (χ2v) is 8.12. The third-order valence-corrected chi connectivity index (χ3v) is 5.89. The number of amides is 1. The highest BCUT2D eigenvalue weighted by atomic mass is 32.2. The monoisotopic (exact) mass is 404 g/mol. The minimum absolute atomic E-state index is 0.0266. The van der Waals surface area contributed by atoms with Crippen molar-refractivity contribution < 1.29 is 27.4 Å². The molecular formula is C19H20N2O6S. The number of hydrogen-bond acceptors (Lipinski definition) is 6. The Morgan fingerprint density at radius 1 is 1.04 bits per heavy atom. The van der Waals surface area contributed by atoms with Crippen molar-refractivity contribution in [1.82, 2.24) is 4.90 Å². The van der Waals surface area contributed by atoms with Gasteiger partial charge in [0.2, 0.25) is 6.10 Å². The fraction of sp³-hybridized carbons (Fsp3) is 0.316. The van der Waals surface area contributed by atoms with Gasteiger partial charge in [-0.2, -0.15) is 0 Å². The van der Waals surface area contributed by atoms with Crippen molar-refractivity contribution in [3.8, 4) is 11.5 Å². The van der Waals surface area contributed by atoms with Gasteiger partial charge in [-0.1, -0.05) is 18.2 Å². The zero-order valence-electron chi connectivity index (χ0n) is 15.0. The maximum Gasteiger partial charge on any atom is 0.267 e. The summed E-state index contributed by atoms with van der Waals surface area (Å²) in [4.78, 5) is 14.3. The minimum Gasteiger partial charge on any atom is -0.485 e. The van der Waals surface area contributed by atoms with Crippen molar-refractivity contribution in [3.63, 3.8) is 0 Å². The molecule has 2 aliphatic heterocycles. The van der Waals surface area contributed by atoms with E-state index in [1.807, 2.05) is 0 Å². The average Bonchev–Trinajstić information content (AvgIpc) is 2.73. The highest BCUT2D eigenvalue weighted by Gasteiger charge is 2.32. The van der Waals surface area contributed by atoms with Gasteiger partial charge in [-0.3, -0.25) is 9.52 Å². The zero-order chi connectivity index (χ0) is 19.6. The number of benzene rings is 2. The highest BCUT2D eigenvalue weighted by Crippen LogP contribution is 2.34. The summed E-state index contributed by atoms with van der Waals surface area (Å²) in [5.41, 5.74) is 0.466. The molecule has 1 atom stereocenters. The molecule has 8 nitrogen and oxygen atoms in total. The normalized spacial score (nSPS) is 19.1. The molecule has 1 unspecified atom stereocenters. The van der Waals surface area contributed by atoms with Crippen molar-refractivity contribution in [2.24, 2.45) is 0 Å². The van der Waals surface area contributed by atoms with Crippen LogP contribution in [0.15, 0.2) is 53.4 Å². The highest BCUT2D eigenvalue weighted by molar-refractivity contribution is 7.92. The number of carbonyl (C=O) groups excluding carboxylic acids is 1. The van der Waals surface area contributed by atoms with Gasteiger partial charge in [-0.25, -0.2) is 8.42 Å². The maximum absolute atomic E-state index is 12.6. The smallest absolute Gasteiger partial charge is 0.267 e. The molecule has 0 radical (unpaired) electrons. The number of para-hydroxylation sites is 1. The molecule has 0 aromatic heterocycles. The first-order chi connectivity index (χ1) is 13.5. The molecule has 2 aromatic carbocycles. The summed E-state index contributed by atoms with van der Waals surface area (Å²) < 4.78 is 44.3. The summed E-state index contributed by atoms with van der Waals surface area (Å²) in [6.45, 7) is 2.08. The Labute approximate surface area is 163 Å². The van der Waals surface area contributed by atoms with E-state index in [4.69, 9.17) is 14.2 Å². The number of ether oxygens (including phenoxy) is 3. The molecule has 28 heavy (non-hydrogen) atoms. The third kappa shape index (κ3) is 3.90. The summed E-state index contributed by atoms with van der Waals surface area (Å²) in [5, 5.41) is 0. The van der Waals surface area contributed by atoms with Crippen LogP contribution in [0.2, 0.25) is 0 Å². The van der Waals surface area contributed by atoms with Crippen molar-refractivity contribution in [1.29, 1.82) is 0 Å². The van der Waals surface area contributed by atoms with Crippen LogP contribution in [-0.4, -0.2) is 58.2 Å². The standard InChI is InChI=1S/C19H20N2O6S/c22-19(21-8-10-25-11-9-21)18-13-26-17-12-15(6-7-16(17)27-18)28(23,24)20-14-4-2-1-3-5-14/h1-7,12,18,20H,8-11,13H2. The average molecular weight is 404 g/mol. The second-order valence-electron chi connectivity index (χ2n) is 6.44. The van der Waals surface area contributed by atoms with Gasteiger partial charge < -0.3 is 19.1 Å². The first kappa shape index (κ1) is 18.6. The van der Waals surface area contributed by atoms with Crippen molar-refractivity contribution in [3.05, 3.63) is 48.5 Å². The summed E-state index contributed by atoms with van der Waals surface area (Å²) in [6.07, 6.45) is -0.754. The lowest BCUT2D eigenvalue weighted by Gasteiger charge is -2.32. The summed E-state index contributed by atoms with van der Waals surface area (Å²) in [6, 6.07) is 12.9. The third-order valence-electron chi connectivity index (χ3n) is 4.51. The van der Waals surface area contributed by atoms with Crippen LogP contribution in [0, 0.1) is 0 Å². The van der Waals surface area contributed by atoms with Crippen LogP contribution in [0.3, 0.4) is 0 Å². The number of sulfonamides is 1. The van der Waals surface area contributed by atoms with Crippen LogP contribution in [0.4, 0.5) is 5.69 Å². The van der Waals surface area contributed by atoms with Gasteiger partial charge in [0.05, 0.1) is 18.1 Å². The van der Waals surface area contributed by atoms with Crippen LogP contribution in [-0.2, 0) is 19.6 Å². The largest absolute Gasteiger partial charge is 0.485 e. The summed E-state index contributed by atoms with van der Waals surface area (Å²) in [5.74, 6) is 0.481. The van der Waals surface area contributed by atoms with Gasteiger partial charge in [0, 0.05) is 24.8 Å².